The summed E-state index contributed by atoms with van der Waals surface area (Å²) in [6, 6.07) is 5.05. The van der Waals surface area contributed by atoms with Crippen LogP contribution in [0.5, 0.6) is 0 Å². The molecule has 0 saturated heterocycles. The van der Waals surface area contributed by atoms with Crippen LogP contribution >= 0.6 is 11.6 Å². The van der Waals surface area contributed by atoms with Crippen LogP contribution in [0.25, 0.3) is 0 Å². The van der Waals surface area contributed by atoms with Crippen molar-refractivity contribution in [2.24, 2.45) is 0 Å². The first-order chi connectivity index (χ1) is 12.4. The van der Waals surface area contributed by atoms with Crippen molar-refractivity contribution in [3.8, 4) is 0 Å². The second-order valence-corrected chi connectivity index (χ2v) is 6.66. The number of hydrogen-bond acceptors (Lipinski definition) is 3. The molecular weight excluding hydrogens is 366 g/mol. The summed E-state index contributed by atoms with van der Waals surface area (Å²) in [5.41, 5.74) is -0.643. The molecule has 9 heteroatoms. The molecule has 0 spiro atoms. The zero-order valence-electron chi connectivity index (χ0n) is 14.1. The Hall–Kier alpha value is -2.22. The number of nitrogens with one attached hydrogen (secondary N) is 1. The zero-order chi connectivity index (χ0) is 18.7. The van der Waals surface area contributed by atoms with E-state index >= 15 is 0 Å². The monoisotopic (exact) mass is 384 g/mol. The van der Waals surface area contributed by atoms with E-state index in [9.17, 15) is 18.4 Å². The number of amides is 1. The molecule has 0 saturated carbocycles. The molecule has 1 aliphatic heterocycles. The van der Waals surface area contributed by atoms with E-state index in [0.717, 1.165) is 37.2 Å². The first-order valence-electron chi connectivity index (χ1n) is 8.48. The molecule has 1 aromatic carbocycles. The molecule has 0 atom stereocenters. The Morgan fingerprint density at radius 3 is 2.88 bits per heavy atom. The molecule has 1 amide bonds. The molecular formula is C17H19ClF2N4O2. The molecule has 0 aliphatic carbocycles. The van der Waals surface area contributed by atoms with Crippen molar-refractivity contribution in [1.29, 1.82) is 0 Å². The number of rotatable bonds is 6. The van der Waals surface area contributed by atoms with Crippen LogP contribution in [0.4, 0.5) is 8.78 Å². The summed E-state index contributed by atoms with van der Waals surface area (Å²) in [7, 11) is 0. The molecule has 140 valence electrons. The van der Waals surface area contributed by atoms with E-state index in [0.29, 0.717) is 13.0 Å². The number of carbonyl (C=O) groups is 1. The fourth-order valence-electron chi connectivity index (χ4n) is 2.95. The van der Waals surface area contributed by atoms with Crippen molar-refractivity contribution in [2.75, 3.05) is 6.54 Å². The highest BCUT2D eigenvalue weighted by atomic mass is 35.5. The average Bonchev–Trinajstić information content (AvgIpc) is 2.95. The third-order valence-corrected chi connectivity index (χ3v) is 4.57. The van der Waals surface area contributed by atoms with Gasteiger partial charge in [-0.05, 0) is 31.4 Å². The minimum atomic E-state index is -3.67. The lowest BCUT2D eigenvalue weighted by Gasteiger charge is -2.16. The van der Waals surface area contributed by atoms with Crippen LogP contribution in [0.1, 0.15) is 30.7 Å². The Balaban J connectivity index is 1.54. The maximum absolute atomic E-state index is 14.2. The lowest BCUT2D eigenvalue weighted by Crippen LogP contribution is -2.39. The molecule has 0 radical (unpaired) electrons. The van der Waals surface area contributed by atoms with Gasteiger partial charge in [0.1, 0.15) is 5.82 Å². The largest absolute Gasteiger partial charge is 0.350 e. The Morgan fingerprint density at radius 1 is 1.35 bits per heavy atom. The van der Waals surface area contributed by atoms with Gasteiger partial charge in [0, 0.05) is 36.6 Å². The van der Waals surface area contributed by atoms with E-state index in [1.165, 1.54) is 16.8 Å². The van der Waals surface area contributed by atoms with Crippen LogP contribution in [0.15, 0.2) is 29.1 Å². The van der Waals surface area contributed by atoms with Crippen molar-refractivity contribution < 1.29 is 13.6 Å². The van der Waals surface area contributed by atoms with E-state index in [1.54, 1.807) is 4.57 Å². The molecule has 2 aromatic rings. The average molecular weight is 385 g/mol. The molecule has 6 nitrogen and oxygen atoms in total. The quantitative estimate of drug-likeness (QED) is 0.777. The Morgan fingerprint density at radius 2 is 2.15 bits per heavy atom. The highest BCUT2D eigenvalue weighted by Gasteiger charge is 2.40. The summed E-state index contributed by atoms with van der Waals surface area (Å²) in [6.07, 6.45) is 3.05. The molecule has 0 bridgehead atoms. The maximum atomic E-state index is 14.2. The molecule has 2 heterocycles. The van der Waals surface area contributed by atoms with Crippen LogP contribution in [-0.2, 0) is 30.2 Å². The number of carbonyl (C=O) groups excluding carboxylic acids is 1. The van der Waals surface area contributed by atoms with Gasteiger partial charge in [-0.25, -0.2) is 9.48 Å². The third kappa shape index (κ3) is 3.80. The van der Waals surface area contributed by atoms with Crippen LogP contribution in [0.3, 0.4) is 0 Å². The lowest BCUT2D eigenvalue weighted by molar-refractivity contribution is -0.147. The molecule has 1 aromatic heterocycles. The van der Waals surface area contributed by atoms with E-state index in [-0.39, 0.29) is 23.8 Å². The van der Waals surface area contributed by atoms with Gasteiger partial charge in [-0.15, -0.1) is 0 Å². The standard InChI is InChI=1S/C17H19ClF2N4O2/c18-13-6-3-5-12(11-13)17(19,20)15(25)21-8-4-10-24-16(26)23-9-2-1-7-14(23)22-24/h3,5-6,11H,1-2,4,7-10H2,(H,21,25). The lowest BCUT2D eigenvalue weighted by atomic mass is 10.1. The Bertz CT molecular complexity index is 863. The van der Waals surface area contributed by atoms with Gasteiger partial charge in [0.15, 0.2) is 0 Å². The first-order valence-corrected chi connectivity index (χ1v) is 8.86. The maximum Gasteiger partial charge on any atom is 0.349 e. The molecule has 0 fully saturated rings. The van der Waals surface area contributed by atoms with Gasteiger partial charge in [-0.3, -0.25) is 9.36 Å². The summed E-state index contributed by atoms with van der Waals surface area (Å²) in [4.78, 5) is 24.0. The SMILES string of the molecule is O=C(NCCCn1nc2n(c1=O)CCCC2)C(F)(F)c1cccc(Cl)c1. The number of hydrogen-bond donors (Lipinski definition) is 1. The highest BCUT2D eigenvalue weighted by Crippen LogP contribution is 2.29. The molecule has 3 rings (SSSR count). The number of aryl methyl sites for hydroxylation is 2. The van der Waals surface area contributed by atoms with Crippen molar-refractivity contribution in [3.63, 3.8) is 0 Å². The minimum Gasteiger partial charge on any atom is -0.350 e. The van der Waals surface area contributed by atoms with E-state index in [2.05, 4.69) is 10.4 Å². The molecule has 1 N–H and O–H groups in total. The number of benzene rings is 1. The van der Waals surface area contributed by atoms with Crippen molar-refractivity contribution in [1.82, 2.24) is 19.7 Å². The predicted octanol–water partition coefficient (Wildman–Crippen LogP) is 2.33. The zero-order valence-corrected chi connectivity index (χ0v) is 14.8. The van der Waals surface area contributed by atoms with Gasteiger partial charge >= 0.3 is 11.6 Å². The van der Waals surface area contributed by atoms with Gasteiger partial charge in [0.05, 0.1) is 0 Å². The van der Waals surface area contributed by atoms with Gasteiger partial charge in [-0.1, -0.05) is 23.7 Å². The van der Waals surface area contributed by atoms with E-state index in [4.69, 9.17) is 11.6 Å². The van der Waals surface area contributed by atoms with Gasteiger partial charge in [0.2, 0.25) is 0 Å². The van der Waals surface area contributed by atoms with E-state index < -0.39 is 17.4 Å². The molecule has 0 unspecified atom stereocenters. The summed E-state index contributed by atoms with van der Waals surface area (Å²) >= 11 is 5.70. The molecule has 1 aliphatic rings. The second-order valence-electron chi connectivity index (χ2n) is 6.22. The fourth-order valence-corrected chi connectivity index (χ4v) is 3.14. The van der Waals surface area contributed by atoms with E-state index in [1.807, 2.05) is 0 Å². The smallest absolute Gasteiger partial charge is 0.349 e. The fraction of sp³-hybridized carbons (Fsp3) is 0.471. The van der Waals surface area contributed by atoms with Crippen molar-refractivity contribution >= 4 is 17.5 Å². The first kappa shape index (κ1) is 18.6. The number of alkyl halides is 2. The number of fused-ring (bicyclic) bond motifs is 1. The predicted molar refractivity (Wildman–Crippen MR) is 92.4 cm³/mol. The van der Waals surface area contributed by atoms with Crippen LogP contribution in [0, 0.1) is 0 Å². The second kappa shape index (κ2) is 7.57. The van der Waals surface area contributed by atoms with Gasteiger partial charge in [0.25, 0.3) is 5.91 Å². The number of aromatic nitrogens is 3. The summed E-state index contributed by atoms with van der Waals surface area (Å²) in [5, 5.41) is 6.61. The van der Waals surface area contributed by atoms with Crippen LogP contribution in [-0.4, -0.2) is 26.8 Å². The Labute approximate surface area is 153 Å². The Kier molecular flexibility index (Phi) is 5.41. The summed E-state index contributed by atoms with van der Waals surface area (Å²) in [5.74, 6) is -4.30. The van der Waals surface area contributed by atoms with Gasteiger partial charge < -0.3 is 5.32 Å². The van der Waals surface area contributed by atoms with Crippen LogP contribution < -0.4 is 11.0 Å². The third-order valence-electron chi connectivity index (χ3n) is 4.34. The van der Waals surface area contributed by atoms with Crippen molar-refractivity contribution in [2.45, 2.75) is 44.7 Å². The minimum absolute atomic E-state index is 0.0175. The topological polar surface area (TPSA) is 68.9 Å². The molecule has 26 heavy (non-hydrogen) atoms. The number of nitrogens with zero attached hydrogens (tertiary/aromatic N) is 3. The summed E-state index contributed by atoms with van der Waals surface area (Å²) < 4.78 is 31.3. The van der Waals surface area contributed by atoms with Crippen LogP contribution in [0.2, 0.25) is 5.02 Å². The normalized spacial score (nSPS) is 14.1. The van der Waals surface area contributed by atoms with Crippen molar-refractivity contribution in [3.05, 3.63) is 51.2 Å². The summed E-state index contributed by atoms with van der Waals surface area (Å²) in [6.45, 7) is 0.947. The number of halogens is 3. The van der Waals surface area contributed by atoms with Gasteiger partial charge in [-0.2, -0.15) is 13.9 Å². The highest BCUT2D eigenvalue weighted by molar-refractivity contribution is 6.30.